The summed E-state index contributed by atoms with van der Waals surface area (Å²) in [7, 11) is 0. The first-order valence-electron chi connectivity index (χ1n) is 5.79. The van der Waals surface area contributed by atoms with Crippen LogP contribution in [0.15, 0.2) is 46.9 Å². The SMILES string of the molecule is Cc1cccc(NC(=O)c2ccc(Br)c([N+](=O)[O-])c2)c1. The van der Waals surface area contributed by atoms with E-state index in [4.69, 9.17) is 0 Å². The minimum atomic E-state index is -0.534. The van der Waals surface area contributed by atoms with Gasteiger partial charge < -0.3 is 5.32 Å². The summed E-state index contributed by atoms with van der Waals surface area (Å²) in [5, 5.41) is 13.6. The van der Waals surface area contributed by atoms with Crippen molar-refractivity contribution in [3.63, 3.8) is 0 Å². The molecule has 1 N–H and O–H groups in total. The van der Waals surface area contributed by atoms with E-state index >= 15 is 0 Å². The molecule has 0 heterocycles. The molecule has 0 radical (unpaired) electrons. The Labute approximate surface area is 123 Å². The zero-order valence-corrected chi connectivity index (χ0v) is 12.2. The number of nitrogens with zero attached hydrogens (tertiary/aromatic N) is 1. The standard InChI is InChI=1S/C14H11BrN2O3/c1-9-3-2-4-11(7-9)16-14(18)10-5-6-12(15)13(8-10)17(19)20/h2-8H,1H3,(H,16,18). The number of nitro groups is 1. The minimum absolute atomic E-state index is 0.137. The second kappa shape index (κ2) is 5.83. The second-order valence-corrected chi connectivity index (χ2v) is 5.10. The van der Waals surface area contributed by atoms with Gasteiger partial charge in [0.1, 0.15) is 0 Å². The minimum Gasteiger partial charge on any atom is -0.322 e. The van der Waals surface area contributed by atoms with E-state index in [9.17, 15) is 14.9 Å². The maximum absolute atomic E-state index is 12.1. The maximum Gasteiger partial charge on any atom is 0.284 e. The summed E-state index contributed by atoms with van der Waals surface area (Å²) in [6.45, 7) is 1.92. The third-order valence-electron chi connectivity index (χ3n) is 2.68. The lowest BCUT2D eigenvalue weighted by Gasteiger charge is -2.06. The molecule has 2 aromatic carbocycles. The largest absolute Gasteiger partial charge is 0.322 e. The number of nitrogens with one attached hydrogen (secondary N) is 1. The fourth-order valence-corrected chi connectivity index (χ4v) is 2.11. The van der Waals surface area contributed by atoms with Crippen molar-refractivity contribution in [1.82, 2.24) is 0 Å². The molecule has 102 valence electrons. The Hall–Kier alpha value is -2.21. The van der Waals surface area contributed by atoms with E-state index in [2.05, 4.69) is 21.2 Å². The lowest BCUT2D eigenvalue weighted by molar-refractivity contribution is -0.385. The highest BCUT2D eigenvalue weighted by atomic mass is 79.9. The Morgan fingerprint density at radius 2 is 2.00 bits per heavy atom. The zero-order valence-electron chi connectivity index (χ0n) is 10.6. The third-order valence-corrected chi connectivity index (χ3v) is 3.35. The monoisotopic (exact) mass is 334 g/mol. The normalized spacial score (nSPS) is 10.1. The zero-order chi connectivity index (χ0) is 14.7. The molecule has 0 aliphatic rings. The van der Waals surface area contributed by atoms with Crippen LogP contribution in [0.2, 0.25) is 0 Å². The third kappa shape index (κ3) is 3.21. The summed E-state index contributed by atoms with van der Waals surface area (Å²) in [5.74, 6) is -0.383. The van der Waals surface area contributed by atoms with Crippen LogP contribution >= 0.6 is 15.9 Å². The Bertz CT molecular complexity index is 686. The Morgan fingerprint density at radius 1 is 1.25 bits per heavy atom. The van der Waals surface area contributed by atoms with Gasteiger partial charge in [0.05, 0.1) is 9.40 Å². The first-order valence-corrected chi connectivity index (χ1v) is 6.58. The number of carbonyl (C=O) groups excluding carboxylic acids is 1. The highest BCUT2D eigenvalue weighted by Crippen LogP contribution is 2.26. The van der Waals surface area contributed by atoms with Gasteiger partial charge in [0.2, 0.25) is 0 Å². The van der Waals surface area contributed by atoms with E-state index in [1.165, 1.54) is 18.2 Å². The van der Waals surface area contributed by atoms with Crippen LogP contribution in [0, 0.1) is 17.0 Å². The number of nitro benzene ring substituents is 1. The Morgan fingerprint density at radius 3 is 2.65 bits per heavy atom. The molecule has 0 spiro atoms. The number of anilines is 1. The molecule has 5 nitrogen and oxygen atoms in total. The predicted molar refractivity (Wildman–Crippen MR) is 79.9 cm³/mol. The van der Waals surface area contributed by atoms with Gasteiger partial charge in [-0.2, -0.15) is 0 Å². The van der Waals surface area contributed by atoms with Gasteiger partial charge in [0, 0.05) is 17.3 Å². The van der Waals surface area contributed by atoms with Gasteiger partial charge >= 0.3 is 0 Å². The van der Waals surface area contributed by atoms with Gasteiger partial charge in [-0.3, -0.25) is 14.9 Å². The summed E-state index contributed by atoms with van der Waals surface area (Å²) in [5.41, 5.74) is 1.77. The fourth-order valence-electron chi connectivity index (χ4n) is 1.72. The molecule has 1 amide bonds. The summed E-state index contributed by atoms with van der Waals surface area (Å²) in [4.78, 5) is 22.4. The van der Waals surface area contributed by atoms with E-state index in [1.807, 2.05) is 25.1 Å². The predicted octanol–water partition coefficient (Wildman–Crippen LogP) is 3.92. The summed E-state index contributed by atoms with van der Waals surface area (Å²) in [6, 6.07) is 11.6. The quantitative estimate of drug-likeness (QED) is 0.683. The van der Waals surface area contributed by atoms with Crippen LogP contribution in [0.25, 0.3) is 0 Å². The van der Waals surface area contributed by atoms with Gasteiger partial charge in [-0.15, -0.1) is 0 Å². The number of benzene rings is 2. The molecule has 0 fully saturated rings. The smallest absolute Gasteiger partial charge is 0.284 e. The van der Waals surface area contributed by atoms with Crippen LogP contribution in [0.4, 0.5) is 11.4 Å². The van der Waals surface area contributed by atoms with E-state index in [0.29, 0.717) is 10.2 Å². The fraction of sp³-hybridized carbons (Fsp3) is 0.0714. The molecule has 0 bridgehead atoms. The van der Waals surface area contributed by atoms with Crippen molar-refractivity contribution in [2.45, 2.75) is 6.92 Å². The topological polar surface area (TPSA) is 72.2 Å². The van der Waals surface area contributed by atoms with Crippen molar-refractivity contribution < 1.29 is 9.72 Å². The van der Waals surface area contributed by atoms with E-state index in [-0.39, 0.29) is 17.2 Å². The molecule has 6 heteroatoms. The van der Waals surface area contributed by atoms with Crippen LogP contribution in [0.5, 0.6) is 0 Å². The van der Waals surface area contributed by atoms with Crippen molar-refractivity contribution in [2.24, 2.45) is 0 Å². The molecule has 0 saturated heterocycles. The van der Waals surface area contributed by atoms with Crippen LogP contribution in [-0.2, 0) is 0 Å². The van der Waals surface area contributed by atoms with E-state index in [0.717, 1.165) is 5.56 Å². The van der Waals surface area contributed by atoms with Crippen LogP contribution < -0.4 is 5.32 Å². The molecule has 0 unspecified atom stereocenters. The van der Waals surface area contributed by atoms with Crippen LogP contribution in [0.3, 0.4) is 0 Å². The van der Waals surface area contributed by atoms with Gasteiger partial charge in [0.25, 0.3) is 11.6 Å². The van der Waals surface area contributed by atoms with Gasteiger partial charge in [-0.25, -0.2) is 0 Å². The number of carbonyl (C=O) groups is 1. The van der Waals surface area contributed by atoms with Crippen molar-refractivity contribution in [3.8, 4) is 0 Å². The summed E-state index contributed by atoms with van der Waals surface area (Å²) in [6.07, 6.45) is 0. The number of hydrogen-bond acceptors (Lipinski definition) is 3. The van der Waals surface area contributed by atoms with Gasteiger partial charge in [0.15, 0.2) is 0 Å². The molecule has 2 rings (SSSR count). The first-order chi connectivity index (χ1) is 9.47. The lowest BCUT2D eigenvalue weighted by Crippen LogP contribution is -2.12. The molecule has 2 aromatic rings. The Balaban J connectivity index is 2.26. The maximum atomic E-state index is 12.1. The summed E-state index contributed by atoms with van der Waals surface area (Å²) >= 11 is 3.08. The number of rotatable bonds is 3. The molecular formula is C14H11BrN2O3. The van der Waals surface area contributed by atoms with Crippen molar-refractivity contribution >= 4 is 33.2 Å². The van der Waals surface area contributed by atoms with Crippen LogP contribution in [0.1, 0.15) is 15.9 Å². The average Bonchev–Trinajstić information content (AvgIpc) is 2.38. The van der Waals surface area contributed by atoms with Crippen LogP contribution in [-0.4, -0.2) is 10.8 Å². The molecule has 0 aliphatic carbocycles. The van der Waals surface area contributed by atoms with Crippen molar-refractivity contribution in [2.75, 3.05) is 5.32 Å². The summed E-state index contributed by atoms with van der Waals surface area (Å²) < 4.78 is 0.342. The second-order valence-electron chi connectivity index (χ2n) is 4.25. The molecule has 0 atom stereocenters. The van der Waals surface area contributed by atoms with Crippen molar-refractivity contribution in [3.05, 3.63) is 68.2 Å². The molecule has 20 heavy (non-hydrogen) atoms. The number of hydrogen-bond donors (Lipinski definition) is 1. The Kier molecular flexibility index (Phi) is 4.14. The van der Waals surface area contributed by atoms with Gasteiger partial charge in [-0.05, 0) is 52.7 Å². The van der Waals surface area contributed by atoms with E-state index < -0.39 is 4.92 Å². The highest BCUT2D eigenvalue weighted by molar-refractivity contribution is 9.10. The lowest BCUT2D eigenvalue weighted by atomic mass is 10.1. The highest BCUT2D eigenvalue weighted by Gasteiger charge is 2.16. The molecule has 0 aromatic heterocycles. The van der Waals surface area contributed by atoms with Gasteiger partial charge in [-0.1, -0.05) is 12.1 Å². The van der Waals surface area contributed by atoms with Crippen molar-refractivity contribution in [1.29, 1.82) is 0 Å². The molecule has 0 saturated carbocycles. The number of halogens is 1. The molecule has 0 aliphatic heterocycles. The first kappa shape index (κ1) is 14.2. The molecular weight excluding hydrogens is 324 g/mol. The number of amides is 1. The average molecular weight is 335 g/mol. The van der Waals surface area contributed by atoms with E-state index in [1.54, 1.807) is 6.07 Å². The number of aryl methyl sites for hydroxylation is 1.